The minimum absolute atomic E-state index is 0.0237. The van der Waals surface area contributed by atoms with E-state index in [2.05, 4.69) is 4.74 Å². The molecule has 2 aromatic rings. The van der Waals surface area contributed by atoms with E-state index < -0.39 is 23.7 Å². The van der Waals surface area contributed by atoms with Gasteiger partial charge < -0.3 is 9.15 Å². The third kappa shape index (κ3) is 4.01. The number of imide groups is 1. The second-order valence-corrected chi connectivity index (χ2v) is 6.67. The Morgan fingerprint density at radius 2 is 1.85 bits per heavy atom. The molecule has 0 spiro atoms. The van der Waals surface area contributed by atoms with E-state index in [1.165, 1.54) is 20.1 Å². The highest BCUT2D eigenvalue weighted by Crippen LogP contribution is 2.33. The molecule has 2 amide bonds. The molecule has 0 bridgehead atoms. The molecule has 1 fully saturated rings. The summed E-state index contributed by atoms with van der Waals surface area (Å²) < 4.78 is 10.2. The maximum Gasteiger partial charge on any atom is 0.325 e. The molecule has 27 heavy (non-hydrogen) atoms. The van der Waals surface area contributed by atoms with Crippen molar-refractivity contribution in [2.24, 2.45) is 0 Å². The highest BCUT2D eigenvalue weighted by molar-refractivity contribution is 8.18. The van der Waals surface area contributed by atoms with E-state index in [-0.39, 0.29) is 10.7 Å². The average molecular weight is 385 g/mol. The fourth-order valence-electron chi connectivity index (χ4n) is 2.41. The van der Waals surface area contributed by atoms with Gasteiger partial charge in [0.25, 0.3) is 11.1 Å². The molecule has 0 aliphatic carbocycles. The first-order valence-corrected chi connectivity index (χ1v) is 8.74. The normalized spacial score (nSPS) is 15.5. The fourth-order valence-corrected chi connectivity index (χ4v) is 3.23. The van der Waals surface area contributed by atoms with Crippen LogP contribution in [0.2, 0.25) is 0 Å². The molecule has 138 valence electrons. The van der Waals surface area contributed by atoms with Gasteiger partial charge in [-0.3, -0.25) is 24.1 Å². The van der Waals surface area contributed by atoms with Gasteiger partial charge in [-0.2, -0.15) is 0 Å². The Labute approximate surface area is 159 Å². The third-order valence-electron chi connectivity index (χ3n) is 3.86. The Kier molecular flexibility index (Phi) is 5.27. The van der Waals surface area contributed by atoms with Crippen LogP contribution in [-0.4, -0.2) is 41.5 Å². The Balaban J connectivity index is 1.78. The molecule has 1 aliphatic heterocycles. The van der Waals surface area contributed by atoms with E-state index in [4.69, 9.17) is 4.42 Å². The van der Waals surface area contributed by atoms with Gasteiger partial charge in [0, 0.05) is 17.2 Å². The Hall–Kier alpha value is -3.13. The van der Waals surface area contributed by atoms with Crippen LogP contribution in [0.5, 0.6) is 0 Å². The first-order chi connectivity index (χ1) is 12.9. The number of esters is 1. The van der Waals surface area contributed by atoms with Gasteiger partial charge in [0.2, 0.25) is 0 Å². The molecule has 0 unspecified atom stereocenters. The van der Waals surface area contributed by atoms with Gasteiger partial charge in [-0.05, 0) is 30.8 Å². The van der Waals surface area contributed by atoms with Gasteiger partial charge in [0.05, 0.1) is 12.0 Å². The number of Topliss-reactive ketones (excluding diaryl/α,β-unsaturated/α-hetero) is 1. The van der Waals surface area contributed by atoms with Gasteiger partial charge in [0.15, 0.2) is 5.78 Å². The minimum atomic E-state index is -0.673. The van der Waals surface area contributed by atoms with Gasteiger partial charge in [-0.15, -0.1) is 0 Å². The number of amides is 2. The predicted molar refractivity (Wildman–Crippen MR) is 98.8 cm³/mol. The maximum absolute atomic E-state index is 12.3. The maximum atomic E-state index is 12.3. The number of carbonyl (C=O) groups is 4. The Bertz CT molecular complexity index is 957. The lowest BCUT2D eigenvalue weighted by atomic mass is 10.1. The number of nitrogens with zero attached hydrogens (tertiary/aromatic N) is 1. The van der Waals surface area contributed by atoms with Crippen molar-refractivity contribution in [2.45, 2.75) is 6.92 Å². The van der Waals surface area contributed by atoms with Crippen molar-refractivity contribution in [3.63, 3.8) is 0 Å². The number of thioether (sulfide) groups is 1. The lowest BCUT2D eigenvalue weighted by Crippen LogP contribution is -2.34. The second-order valence-electron chi connectivity index (χ2n) is 5.68. The number of ketones is 1. The van der Waals surface area contributed by atoms with Crippen molar-refractivity contribution in [3.05, 3.63) is 52.6 Å². The van der Waals surface area contributed by atoms with Crippen LogP contribution in [0.15, 0.2) is 45.7 Å². The predicted octanol–water partition coefficient (Wildman–Crippen LogP) is 3.36. The molecule has 2 heterocycles. The number of hydrogen-bond donors (Lipinski definition) is 0. The summed E-state index contributed by atoms with van der Waals surface area (Å²) in [5.74, 6) is -0.314. The Morgan fingerprint density at radius 3 is 2.48 bits per heavy atom. The number of furan rings is 1. The van der Waals surface area contributed by atoms with Gasteiger partial charge in [-0.25, -0.2) is 0 Å². The van der Waals surface area contributed by atoms with Crippen LogP contribution in [0.4, 0.5) is 4.79 Å². The summed E-state index contributed by atoms with van der Waals surface area (Å²) in [7, 11) is 1.19. The zero-order valence-electron chi connectivity index (χ0n) is 14.6. The SMILES string of the molecule is COC(=O)CN1C(=O)S/C(=C/c2ccc(-c3ccc(C(C)=O)cc3)o2)C1=O. The first kappa shape index (κ1) is 18.7. The molecule has 0 saturated carbocycles. The van der Waals surface area contributed by atoms with Gasteiger partial charge >= 0.3 is 5.97 Å². The quantitative estimate of drug-likeness (QED) is 0.442. The van der Waals surface area contributed by atoms with Crippen molar-refractivity contribution in [3.8, 4) is 11.3 Å². The molecule has 7 nitrogen and oxygen atoms in total. The Morgan fingerprint density at radius 1 is 1.15 bits per heavy atom. The molecule has 3 rings (SSSR count). The number of rotatable bonds is 5. The summed E-state index contributed by atoms with van der Waals surface area (Å²) in [5, 5.41) is -0.539. The molecule has 1 aliphatic rings. The van der Waals surface area contributed by atoms with E-state index in [9.17, 15) is 19.2 Å². The second kappa shape index (κ2) is 7.63. The summed E-state index contributed by atoms with van der Waals surface area (Å²) >= 11 is 0.733. The van der Waals surface area contributed by atoms with Crippen LogP contribution in [0.25, 0.3) is 17.4 Å². The highest BCUT2D eigenvalue weighted by Gasteiger charge is 2.36. The van der Waals surface area contributed by atoms with Crippen LogP contribution in [0.3, 0.4) is 0 Å². The number of hydrogen-bond acceptors (Lipinski definition) is 7. The topological polar surface area (TPSA) is 93.9 Å². The summed E-state index contributed by atoms with van der Waals surface area (Å²) in [6.45, 7) is 1.07. The zero-order chi connectivity index (χ0) is 19.6. The standard InChI is InChI=1S/C19H15NO6S/c1-11(21)12-3-5-13(6-4-12)15-8-7-14(26-15)9-16-18(23)20(19(24)27-16)10-17(22)25-2/h3-9H,10H2,1-2H3/b16-9+. The van der Waals surface area contributed by atoms with Crippen LogP contribution in [0.1, 0.15) is 23.0 Å². The molecular weight excluding hydrogens is 370 g/mol. The van der Waals surface area contributed by atoms with Gasteiger partial charge in [-0.1, -0.05) is 24.3 Å². The molecule has 0 N–H and O–H groups in total. The van der Waals surface area contributed by atoms with Crippen molar-refractivity contribution >= 4 is 40.7 Å². The van der Waals surface area contributed by atoms with Crippen LogP contribution < -0.4 is 0 Å². The third-order valence-corrected chi connectivity index (χ3v) is 4.77. The summed E-state index contributed by atoms with van der Waals surface area (Å²) in [6.07, 6.45) is 1.45. The zero-order valence-corrected chi connectivity index (χ0v) is 15.4. The van der Waals surface area contributed by atoms with Gasteiger partial charge in [0.1, 0.15) is 18.1 Å². The van der Waals surface area contributed by atoms with Crippen molar-refractivity contribution in [1.82, 2.24) is 4.90 Å². The van der Waals surface area contributed by atoms with Crippen molar-refractivity contribution < 1.29 is 28.3 Å². The van der Waals surface area contributed by atoms with Crippen LogP contribution in [-0.2, 0) is 14.3 Å². The summed E-state index contributed by atoms with van der Waals surface area (Å²) in [5.41, 5.74) is 1.38. The molecule has 1 aromatic carbocycles. The van der Waals surface area contributed by atoms with E-state index in [1.807, 2.05) is 0 Å². The highest BCUT2D eigenvalue weighted by atomic mass is 32.2. The molecule has 1 aromatic heterocycles. The van der Waals surface area contributed by atoms with E-state index >= 15 is 0 Å². The molecular formula is C19H15NO6S. The molecule has 8 heteroatoms. The summed E-state index contributed by atoms with van der Waals surface area (Å²) in [6, 6.07) is 10.3. The van der Waals surface area contributed by atoms with Crippen LogP contribution >= 0.6 is 11.8 Å². The monoisotopic (exact) mass is 385 g/mol. The summed E-state index contributed by atoms with van der Waals surface area (Å²) in [4.78, 5) is 47.8. The van der Waals surface area contributed by atoms with E-state index in [0.29, 0.717) is 17.1 Å². The number of methoxy groups -OCH3 is 1. The minimum Gasteiger partial charge on any atom is -0.468 e. The fraction of sp³-hybridized carbons (Fsp3) is 0.158. The molecule has 1 saturated heterocycles. The van der Waals surface area contributed by atoms with Crippen molar-refractivity contribution in [2.75, 3.05) is 13.7 Å². The smallest absolute Gasteiger partial charge is 0.325 e. The molecule has 0 radical (unpaired) electrons. The molecule has 0 atom stereocenters. The number of ether oxygens (including phenoxy) is 1. The average Bonchev–Trinajstić information content (AvgIpc) is 3.22. The lowest BCUT2D eigenvalue weighted by molar-refractivity contribution is -0.143. The number of benzene rings is 1. The van der Waals surface area contributed by atoms with Crippen LogP contribution in [0, 0.1) is 0 Å². The largest absolute Gasteiger partial charge is 0.468 e. The van der Waals surface area contributed by atoms with Crippen molar-refractivity contribution in [1.29, 1.82) is 0 Å². The number of carbonyl (C=O) groups excluding carboxylic acids is 4. The lowest BCUT2D eigenvalue weighted by Gasteiger charge is -2.09. The van der Waals surface area contributed by atoms with E-state index in [1.54, 1.807) is 36.4 Å². The first-order valence-electron chi connectivity index (χ1n) is 7.92. The van der Waals surface area contributed by atoms with E-state index in [0.717, 1.165) is 22.2 Å².